The van der Waals surface area contributed by atoms with E-state index < -0.39 is 11.7 Å². The molecule has 1 aromatic carbocycles. The van der Waals surface area contributed by atoms with Gasteiger partial charge in [-0.25, -0.2) is 4.98 Å². The lowest BCUT2D eigenvalue weighted by molar-refractivity contribution is -0.137. The lowest BCUT2D eigenvalue weighted by Gasteiger charge is -2.29. The molecule has 1 aliphatic heterocycles. The number of pyridine rings is 1. The molecule has 0 bridgehead atoms. The van der Waals surface area contributed by atoms with Crippen molar-refractivity contribution in [2.24, 2.45) is 0 Å². The fourth-order valence-corrected chi connectivity index (χ4v) is 3.55. The minimum Gasteiger partial charge on any atom is -0.333 e. The van der Waals surface area contributed by atoms with Crippen molar-refractivity contribution in [1.29, 1.82) is 0 Å². The van der Waals surface area contributed by atoms with E-state index in [1.165, 1.54) is 16.0 Å². The van der Waals surface area contributed by atoms with E-state index in [-0.39, 0.29) is 11.6 Å². The molecule has 0 spiro atoms. The summed E-state index contributed by atoms with van der Waals surface area (Å²) in [5.74, 6) is -0.284. The highest BCUT2D eigenvalue weighted by Crippen LogP contribution is 2.30. The van der Waals surface area contributed by atoms with Gasteiger partial charge in [0, 0.05) is 19.3 Å². The number of aromatic nitrogens is 2. The maximum absolute atomic E-state index is 13.2. The quantitative estimate of drug-likeness (QED) is 0.678. The fraction of sp³-hybridized carbons (Fsp3) is 0.300. The Morgan fingerprint density at radius 3 is 2.59 bits per heavy atom. The minimum atomic E-state index is -4.48. The number of alkyl halides is 3. The minimum absolute atomic E-state index is 0.220. The zero-order valence-electron chi connectivity index (χ0n) is 14.8. The average Bonchev–Trinajstić information content (AvgIpc) is 3.04. The summed E-state index contributed by atoms with van der Waals surface area (Å²) in [5.41, 5.74) is 2.56. The molecule has 4 rings (SSSR count). The highest BCUT2D eigenvalue weighted by atomic mass is 19.4. The third-order valence-electron chi connectivity index (χ3n) is 4.97. The third-order valence-corrected chi connectivity index (χ3v) is 4.97. The summed E-state index contributed by atoms with van der Waals surface area (Å²) in [5, 5.41) is 0. The van der Waals surface area contributed by atoms with Crippen LogP contribution in [0.15, 0.2) is 42.6 Å². The second kappa shape index (κ2) is 6.40. The van der Waals surface area contributed by atoms with E-state index in [0.29, 0.717) is 30.9 Å². The molecule has 27 heavy (non-hydrogen) atoms. The second-order valence-corrected chi connectivity index (χ2v) is 6.65. The monoisotopic (exact) mass is 373 g/mol. The van der Waals surface area contributed by atoms with Gasteiger partial charge in [0.15, 0.2) is 0 Å². The normalized spacial score (nSPS) is 14.4. The Morgan fingerprint density at radius 2 is 1.89 bits per heavy atom. The predicted octanol–water partition coefficient (Wildman–Crippen LogP) is 4.11. The molecule has 4 nitrogen and oxygen atoms in total. The van der Waals surface area contributed by atoms with Gasteiger partial charge in [0.25, 0.3) is 5.91 Å². The third kappa shape index (κ3) is 3.07. The number of carbonyl (C=O) groups is 1. The number of benzene rings is 1. The summed E-state index contributed by atoms with van der Waals surface area (Å²) < 4.78 is 40.7. The first-order valence-electron chi connectivity index (χ1n) is 8.82. The maximum Gasteiger partial charge on any atom is 0.417 e. The van der Waals surface area contributed by atoms with Crippen LogP contribution in [0.4, 0.5) is 13.2 Å². The molecule has 0 radical (unpaired) electrons. The Morgan fingerprint density at radius 1 is 1.15 bits per heavy atom. The molecule has 3 heterocycles. The van der Waals surface area contributed by atoms with Crippen molar-refractivity contribution in [3.05, 3.63) is 70.7 Å². The number of halogens is 3. The molecular formula is C20H18F3N3O. The van der Waals surface area contributed by atoms with E-state index in [0.717, 1.165) is 24.2 Å². The number of amides is 1. The highest BCUT2D eigenvalue weighted by Gasteiger charge is 2.32. The molecule has 0 saturated heterocycles. The van der Waals surface area contributed by atoms with Gasteiger partial charge in [-0.3, -0.25) is 9.20 Å². The van der Waals surface area contributed by atoms with E-state index in [2.05, 4.69) is 4.98 Å². The van der Waals surface area contributed by atoms with Crippen molar-refractivity contribution in [3.8, 4) is 0 Å². The summed E-state index contributed by atoms with van der Waals surface area (Å²) in [6, 6.07) is 10.2. The van der Waals surface area contributed by atoms with E-state index in [9.17, 15) is 18.0 Å². The molecule has 0 unspecified atom stereocenters. The van der Waals surface area contributed by atoms with Crippen LogP contribution in [0.25, 0.3) is 5.65 Å². The Labute approximate surface area is 154 Å². The smallest absolute Gasteiger partial charge is 0.333 e. The Bertz CT molecular complexity index is 1020. The van der Waals surface area contributed by atoms with Gasteiger partial charge < -0.3 is 4.90 Å². The molecule has 0 fully saturated rings. The molecule has 1 aliphatic rings. The molecule has 0 saturated carbocycles. The lowest BCUT2D eigenvalue weighted by atomic mass is 9.99. The molecule has 7 heteroatoms. The summed E-state index contributed by atoms with van der Waals surface area (Å²) in [4.78, 5) is 19.3. The van der Waals surface area contributed by atoms with Gasteiger partial charge in [-0.05, 0) is 36.1 Å². The Kier molecular flexibility index (Phi) is 4.17. The van der Waals surface area contributed by atoms with Crippen LogP contribution in [-0.2, 0) is 25.6 Å². The van der Waals surface area contributed by atoms with Crippen LogP contribution >= 0.6 is 0 Å². The number of hydrogen-bond acceptors (Lipinski definition) is 2. The van der Waals surface area contributed by atoms with Gasteiger partial charge in [0.2, 0.25) is 0 Å². The van der Waals surface area contributed by atoms with Crippen molar-refractivity contribution in [1.82, 2.24) is 14.3 Å². The number of carbonyl (C=O) groups excluding carboxylic acids is 1. The van der Waals surface area contributed by atoms with Crippen LogP contribution in [0.3, 0.4) is 0 Å². The zero-order chi connectivity index (χ0) is 19.2. The second-order valence-electron chi connectivity index (χ2n) is 6.65. The Hall–Kier alpha value is -2.83. The summed E-state index contributed by atoms with van der Waals surface area (Å²) in [6.07, 6.45) is -2.32. The topological polar surface area (TPSA) is 37.6 Å². The molecule has 0 atom stereocenters. The van der Waals surface area contributed by atoms with E-state index in [1.54, 1.807) is 4.90 Å². The van der Waals surface area contributed by atoms with Gasteiger partial charge in [-0.15, -0.1) is 0 Å². The molecule has 0 N–H and O–H groups in total. The Balaban J connectivity index is 1.77. The lowest BCUT2D eigenvalue weighted by Crippen LogP contribution is -2.37. The van der Waals surface area contributed by atoms with Crippen LogP contribution in [0.5, 0.6) is 0 Å². The number of imidazole rings is 1. The van der Waals surface area contributed by atoms with Gasteiger partial charge >= 0.3 is 6.18 Å². The highest BCUT2D eigenvalue weighted by molar-refractivity contribution is 5.95. The fourth-order valence-electron chi connectivity index (χ4n) is 3.55. The molecule has 0 aliphatic carbocycles. The molecular weight excluding hydrogens is 355 g/mol. The molecule has 3 aromatic rings. The average molecular weight is 373 g/mol. The van der Waals surface area contributed by atoms with Gasteiger partial charge in [-0.2, -0.15) is 13.2 Å². The molecule has 1 amide bonds. The molecule has 2 aromatic heterocycles. The summed E-state index contributed by atoms with van der Waals surface area (Å²) in [6.45, 7) is 2.82. The number of nitrogens with zero attached hydrogens (tertiary/aromatic N) is 3. The maximum atomic E-state index is 13.2. The number of rotatable bonds is 2. The van der Waals surface area contributed by atoms with Crippen molar-refractivity contribution >= 4 is 11.6 Å². The van der Waals surface area contributed by atoms with Crippen LogP contribution in [-0.4, -0.2) is 26.7 Å². The molecule has 140 valence electrons. The van der Waals surface area contributed by atoms with Crippen LogP contribution < -0.4 is 0 Å². The van der Waals surface area contributed by atoms with Crippen molar-refractivity contribution in [2.75, 3.05) is 6.54 Å². The zero-order valence-corrected chi connectivity index (χ0v) is 14.8. The first-order chi connectivity index (χ1) is 12.9. The summed E-state index contributed by atoms with van der Waals surface area (Å²) >= 11 is 0. The number of fused-ring (bicyclic) bond motifs is 2. The first-order valence-corrected chi connectivity index (χ1v) is 8.82. The standard InChI is InChI=1S/C20H18F3N3O/c1-2-16-18(26-12-15(20(21,22)23)7-8-17(26)24-16)19(27)25-10-9-13-5-3-4-6-14(13)11-25/h3-8,12H,2,9-11H2,1H3. The number of aryl methyl sites for hydroxylation is 1. The predicted molar refractivity (Wildman–Crippen MR) is 94.5 cm³/mol. The van der Waals surface area contributed by atoms with Crippen molar-refractivity contribution in [2.45, 2.75) is 32.5 Å². The van der Waals surface area contributed by atoms with Crippen LogP contribution in [0, 0.1) is 0 Å². The largest absolute Gasteiger partial charge is 0.417 e. The van der Waals surface area contributed by atoms with Crippen LogP contribution in [0.1, 0.15) is 39.8 Å². The number of hydrogen-bond donors (Lipinski definition) is 0. The van der Waals surface area contributed by atoms with Gasteiger partial charge in [0.1, 0.15) is 11.3 Å². The SMILES string of the molecule is CCc1nc2ccc(C(F)(F)F)cn2c1C(=O)N1CCc2ccccc2C1. The van der Waals surface area contributed by atoms with Gasteiger partial charge in [0.05, 0.1) is 11.3 Å². The van der Waals surface area contributed by atoms with Crippen molar-refractivity contribution < 1.29 is 18.0 Å². The van der Waals surface area contributed by atoms with E-state index >= 15 is 0 Å². The van der Waals surface area contributed by atoms with E-state index in [1.807, 2.05) is 31.2 Å². The van der Waals surface area contributed by atoms with Crippen molar-refractivity contribution in [3.63, 3.8) is 0 Å². The van der Waals surface area contributed by atoms with Gasteiger partial charge in [-0.1, -0.05) is 31.2 Å². The summed E-state index contributed by atoms with van der Waals surface area (Å²) in [7, 11) is 0. The first kappa shape index (κ1) is 17.6. The van der Waals surface area contributed by atoms with Crippen LogP contribution in [0.2, 0.25) is 0 Å². The van der Waals surface area contributed by atoms with E-state index in [4.69, 9.17) is 0 Å².